The molecule has 2 aromatic heterocycles. The molecule has 1 aliphatic carbocycles. The Bertz CT molecular complexity index is 1250. The number of hydrogen-bond acceptors (Lipinski definition) is 6. The summed E-state index contributed by atoms with van der Waals surface area (Å²) >= 11 is 5.82. The molecule has 0 aliphatic heterocycles. The predicted octanol–water partition coefficient (Wildman–Crippen LogP) is 5.61. The van der Waals surface area contributed by atoms with E-state index in [1.54, 1.807) is 18.3 Å². The lowest BCUT2D eigenvalue weighted by molar-refractivity contribution is -0.192. The molecule has 1 aromatic carbocycles. The molecule has 3 aromatic rings. The number of H-pyrrole nitrogens is 1. The summed E-state index contributed by atoms with van der Waals surface area (Å²) in [5.41, 5.74) is -0.251. The minimum Gasteiger partial charge on any atom is -0.487 e. The minimum absolute atomic E-state index is 0.00267. The van der Waals surface area contributed by atoms with Crippen molar-refractivity contribution in [3.05, 3.63) is 65.2 Å². The standard InChI is InChI=1S/C22H22ClFN4O3.C2HF3O2/c23-16-4-2-5-17(20(16)24)31-15-7-10-22(11-8-15,21(29)30)13-14-3-1-6-18(26-14)27-19-9-12-25-28-19;3-2(4,5)1(6)7/h1-6,9,12,15H,7-8,10-11,13H2,(H,29,30)(H2,25,26,27,28);(H,6,7). The van der Waals surface area contributed by atoms with Crippen molar-refractivity contribution in [1.29, 1.82) is 0 Å². The van der Waals surface area contributed by atoms with Gasteiger partial charge < -0.3 is 20.3 Å². The van der Waals surface area contributed by atoms with Crippen molar-refractivity contribution in [1.82, 2.24) is 15.2 Å². The van der Waals surface area contributed by atoms with Crippen molar-refractivity contribution in [3.63, 3.8) is 0 Å². The SMILES string of the molecule is O=C(O)C(F)(F)F.O=C(O)C1(Cc2cccc(Nc3ccn[nH]3)n2)CCC(Oc2cccc(Cl)c2F)CC1. The summed E-state index contributed by atoms with van der Waals surface area (Å²) < 4.78 is 51.6. The number of alkyl halides is 3. The van der Waals surface area contributed by atoms with Crippen molar-refractivity contribution < 1.29 is 42.1 Å². The number of carboxylic acids is 2. The van der Waals surface area contributed by atoms with E-state index in [2.05, 4.69) is 20.5 Å². The molecule has 0 spiro atoms. The summed E-state index contributed by atoms with van der Waals surface area (Å²) in [6.07, 6.45) is -1.58. The van der Waals surface area contributed by atoms with E-state index in [0.29, 0.717) is 49.4 Å². The second-order valence-corrected chi connectivity index (χ2v) is 8.95. The highest BCUT2D eigenvalue weighted by Crippen LogP contribution is 2.41. The molecule has 4 N–H and O–H groups in total. The molecule has 4 rings (SSSR count). The van der Waals surface area contributed by atoms with Crippen molar-refractivity contribution >= 4 is 35.2 Å². The monoisotopic (exact) mass is 558 g/mol. The van der Waals surface area contributed by atoms with Gasteiger partial charge in [0, 0.05) is 18.2 Å². The summed E-state index contributed by atoms with van der Waals surface area (Å²) in [5.74, 6) is -2.80. The van der Waals surface area contributed by atoms with Crippen LogP contribution in [0.25, 0.3) is 0 Å². The summed E-state index contributed by atoms with van der Waals surface area (Å²) in [6, 6.07) is 11.9. The molecule has 2 heterocycles. The highest BCUT2D eigenvalue weighted by molar-refractivity contribution is 6.30. The fourth-order valence-electron chi connectivity index (χ4n) is 3.94. The van der Waals surface area contributed by atoms with Gasteiger partial charge in [-0.05, 0) is 49.9 Å². The normalized spacial score (nSPS) is 19.1. The number of aromatic nitrogens is 3. The van der Waals surface area contributed by atoms with Gasteiger partial charge in [-0.15, -0.1) is 0 Å². The first kappa shape index (κ1) is 28.7. The molecule has 0 amide bonds. The number of aliphatic carboxylic acids is 2. The van der Waals surface area contributed by atoms with Crippen molar-refractivity contribution in [2.75, 3.05) is 5.32 Å². The van der Waals surface area contributed by atoms with Gasteiger partial charge in [0.1, 0.15) is 11.6 Å². The maximum Gasteiger partial charge on any atom is 0.490 e. The lowest BCUT2D eigenvalue weighted by atomic mass is 9.70. The van der Waals surface area contributed by atoms with Crippen LogP contribution in [0.1, 0.15) is 31.4 Å². The second-order valence-electron chi connectivity index (χ2n) is 8.54. The van der Waals surface area contributed by atoms with E-state index in [-0.39, 0.29) is 16.9 Å². The van der Waals surface area contributed by atoms with Crippen molar-refractivity contribution in [2.45, 2.75) is 44.4 Å². The maximum absolute atomic E-state index is 14.1. The van der Waals surface area contributed by atoms with Crippen LogP contribution in [0.2, 0.25) is 5.02 Å². The Morgan fingerprint density at radius 2 is 1.79 bits per heavy atom. The Kier molecular flexibility index (Phi) is 9.15. The van der Waals surface area contributed by atoms with Gasteiger partial charge in [0.2, 0.25) is 0 Å². The number of nitrogens with zero attached hydrogens (tertiary/aromatic N) is 2. The Balaban J connectivity index is 0.000000505. The number of halogens is 5. The van der Waals surface area contributed by atoms with Crippen LogP contribution >= 0.6 is 11.6 Å². The number of rotatable bonds is 7. The van der Waals surface area contributed by atoms with Crippen LogP contribution in [0, 0.1) is 11.2 Å². The predicted molar refractivity (Wildman–Crippen MR) is 128 cm³/mol. The smallest absolute Gasteiger partial charge is 0.487 e. The number of anilines is 2. The molecule has 0 radical (unpaired) electrons. The Morgan fingerprint density at radius 3 is 2.37 bits per heavy atom. The van der Waals surface area contributed by atoms with Crippen LogP contribution in [0.5, 0.6) is 5.75 Å². The summed E-state index contributed by atoms with van der Waals surface area (Å²) in [4.78, 5) is 25.7. The maximum atomic E-state index is 14.1. The number of benzene rings is 1. The first-order valence-corrected chi connectivity index (χ1v) is 11.6. The van der Waals surface area contributed by atoms with Crippen LogP contribution in [-0.2, 0) is 16.0 Å². The summed E-state index contributed by atoms with van der Waals surface area (Å²) in [5, 5.41) is 26.9. The molecule has 0 saturated heterocycles. The zero-order valence-corrected chi connectivity index (χ0v) is 20.4. The summed E-state index contributed by atoms with van der Waals surface area (Å²) in [6.45, 7) is 0. The van der Waals surface area contributed by atoms with E-state index < -0.39 is 29.3 Å². The molecule has 0 atom stereocenters. The molecule has 0 bridgehead atoms. The molecule has 1 saturated carbocycles. The lowest BCUT2D eigenvalue weighted by Gasteiger charge is -2.36. The van der Waals surface area contributed by atoms with E-state index in [1.807, 2.05) is 18.2 Å². The number of aromatic amines is 1. The average molecular weight is 559 g/mol. The molecule has 38 heavy (non-hydrogen) atoms. The van der Waals surface area contributed by atoms with Crippen LogP contribution in [-0.4, -0.2) is 49.6 Å². The highest BCUT2D eigenvalue weighted by Gasteiger charge is 2.43. The molecule has 9 nitrogen and oxygen atoms in total. The van der Waals surface area contributed by atoms with Gasteiger partial charge in [-0.2, -0.15) is 18.3 Å². The molecular weight excluding hydrogens is 536 g/mol. The van der Waals surface area contributed by atoms with Crippen molar-refractivity contribution in [3.8, 4) is 5.75 Å². The van der Waals surface area contributed by atoms with Gasteiger partial charge in [0.25, 0.3) is 0 Å². The number of carboxylic acid groups (broad SMARTS) is 2. The Labute approximate surface area is 218 Å². The van der Waals surface area contributed by atoms with E-state index in [0.717, 1.165) is 0 Å². The van der Waals surface area contributed by atoms with E-state index in [9.17, 15) is 27.5 Å². The van der Waals surface area contributed by atoms with E-state index >= 15 is 0 Å². The quantitative estimate of drug-likeness (QED) is 0.275. The fraction of sp³-hybridized carbons (Fsp3) is 0.333. The fourth-order valence-corrected chi connectivity index (χ4v) is 4.11. The summed E-state index contributed by atoms with van der Waals surface area (Å²) in [7, 11) is 0. The third-order valence-electron chi connectivity index (χ3n) is 5.89. The first-order valence-electron chi connectivity index (χ1n) is 11.3. The van der Waals surface area contributed by atoms with Crippen LogP contribution in [0.15, 0.2) is 48.7 Å². The number of ether oxygens (including phenoxy) is 1. The van der Waals surface area contributed by atoms with E-state index in [1.165, 1.54) is 12.1 Å². The molecule has 204 valence electrons. The zero-order valence-electron chi connectivity index (χ0n) is 19.6. The number of carbonyl (C=O) groups is 2. The largest absolute Gasteiger partial charge is 0.490 e. The van der Waals surface area contributed by atoms with Crippen molar-refractivity contribution in [2.24, 2.45) is 5.41 Å². The molecule has 0 unspecified atom stereocenters. The van der Waals surface area contributed by atoms with Gasteiger partial charge in [0.05, 0.1) is 22.7 Å². The van der Waals surface area contributed by atoms with E-state index in [4.69, 9.17) is 26.2 Å². The van der Waals surface area contributed by atoms with Gasteiger partial charge in [0.15, 0.2) is 11.6 Å². The topological polar surface area (TPSA) is 137 Å². The lowest BCUT2D eigenvalue weighted by Crippen LogP contribution is -2.40. The van der Waals surface area contributed by atoms with Crippen LogP contribution in [0.3, 0.4) is 0 Å². The first-order chi connectivity index (χ1) is 17.9. The third kappa shape index (κ3) is 7.57. The Hall–Kier alpha value is -3.87. The van der Waals surface area contributed by atoms with Gasteiger partial charge in [-0.3, -0.25) is 9.89 Å². The Morgan fingerprint density at radius 1 is 1.13 bits per heavy atom. The third-order valence-corrected chi connectivity index (χ3v) is 6.18. The van der Waals surface area contributed by atoms with Gasteiger partial charge in [-0.25, -0.2) is 14.2 Å². The number of hydrogen-bond donors (Lipinski definition) is 4. The number of pyridine rings is 1. The van der Waals surface area contributed by atoms with Gasteiger partial charge >= 0.3 is 18.1 Å². The second kappa shape index (κ2) is 12.1. The molecular formula is C24H23ClF4N4O5. The van der Waals surface area contributed by atoms with Gasteiger partial charge in [-0.1, -0.05) is 23.7 Å². The van der Waals surface area contributed by atoms with Crippen LogP contribution < -0.4 is 10.1 Å². The highest BCUT2D eigenvalue weighted by atomic mass is 35.5. The number of nitrogens with one attached hydrogen (secondary N) is 2. The average Bonchev–Trinajstić information content (AvgIpc) is 3.36. The zero-order chi connectivity index (χ0) is 27.9. The molecule has 1 fully saturated rings. The minimum atomic E-state index is -5.08. The van der Waals surface area contributed by atoms with Crippen LogP contribution in [0.4, 0.5) is 29.2 Å². The molecule has 1 aliphatic rings. The molecule has 14 heteroatoms.